The highest BCUT2D eigenvalue weighted by atomic mass is 16.3. The third kappa shape index (κ3) is 4.15. The number of aromatic nitrogens is 1. The van der Waals surface area contributed by atoms with Crippen LogP contribution in [0.15, 0.2) is 48.8 Å². The Balaban J connectivity index is 1.57. The fourth-order valence-electron chi connectivity index (χ4n) is 2.85. The van der Waals surface area contributed by atoms with E-state index >= 15 is 0 Å². The lowest BCUT2D eigenvalue weighted by atomic mass is 10.0. The molecule has 1 aliphatic rings. The van der Waals surface area contributed by atoms with Gasteiger partial charge in [0, 0.05) is 25.0 Å². The zero-order valence-corrected chi connectivity index (χ0v) is 13.1. The van der Waals surface area contributed by atoms with Gasteiger partial charge in [-0.25, -0.2) is 0 Å². The number of aryl methyl sites for hydroxylation is 1. The van der Waals surface area contributed by atoms with Gasteiger partial charge < -0.3 is 10.4 Å². The Bertz CT molecular complexity index is 578. The predicted octanol–water partition coefficient (Wildman–Crippen LogP) is 3.03. The number of aliphatic hydroxyl groups is 1. The van der Waals surface area contributed by atoms with Crippen LogP contribution < -0.4 is 5.32 Å². The highest BCUT2D eigenvalue weighted by Gasteiger charge is 2.31. The molecule has 1 aromatic heterocycles. The van der Waals surface area contributed by atoms with Gasteiger partial charge in [-0.1, -0.05) is 29.8 Å². The summed E-state index contributed by atoms with van der Waals surface area (Å²) in [5.74, 6) is 0.756. The average Bonchev–Trinajstić information content (AvgIpc) is 3.38. The summed E-state index contributed by atoms with van der Waals surface area (Å²) in [5.41, 5.74) is 3.59. The van der Waals surface area contributed by atoms with Crippen LogP contribution in [-0.4, -0.2) is 22.7 Å². The lowest BCUT2D eigenvalue weighted by molar-refractivity contribution is 0.167. The number of nitrogens with zero attached hydrogens (tertiary/aromatic N) is 1. The summed E-state index contributed by atoms with van der Waals surface area (Å²) in [6, 6.07) is 13.0. The molecule has 116 valence electrons. The monoisotopic (exact) mass is 296 g/mol. The van der Waals surface area contributed by atoms with Crippen molar-refractivity contribution in [2.24, 2.45) is 5.92 Å². The molecule has 3 nitrogen and oxygen atoms in total. The molecule has 0 aliphatic heterocycles. The molecule has 0 radical (unpaired) electrons. The molecule has 22 heavy (non-hydrogen) atoms. The Kier molecular flexibility index (Phi) is 4.86. The maximum absolute atomic E-state index is 10.3. The van der Waals surface area contributed by atoms with Gasteiger partial charge in [0.25, 0.3) is 0 Å². The van der Waals surface area contributed by atoms with Crippen LogP contribution >= 0.6 is 0 Å². The normalized spacial score (nSPS) is 17.2. The molecule has 1 fully saturated rings. The second kappa shape index (κ2) is 7.03. The van der Waals surface area contributed by atoms with Crippen LogP contribution in [0.4, 0.5) is 0 Å². The molecule has 0 saturated heterocycles. The van der Waals surface area contributed by atoms with E-state index in [-0.39, 0.29) is 0 Å². The number of nitrogens with one attached hydrogen (secondary N) is 1. The Labute approximate surface area is 132 Å². The molecule has 3 heteroatoms. The molecule has 2 N–H and O–H groups in total. The van der Waals surface area contributed by atoms with Crippen LogP contribution in [0.3, 0.4) is 0 Å². The van der Waals surface area contributed by atoms with Gasteiger partial charge in [-0.3, -0.25) is 4.98 Å². The summed E-state index contributed by atoms with van der Waals surface area (Å²) in [6.07, 6.45) is 6.62. The van der Waals surface area contributed by atoms with Crippen molar-refractivity contribution in [1.29, 1.82) is 0 Å². The molecular formula is C19H24N2O. The van der Waals surface area contributed by atoms with E-state index in [9.17, 15) is 5.11 Å². The maximum atomic E-state index is 10.3. The molecule has 3 rings (SSSR count). The maximum Gasteiger partial charge on any atom is 0.0915 e. The van der Waals surface area contributed by atoms with E-state index in [0.29, 0.717) is 12.6 Å². The molecule has 1 heterocycles. The van der Waals surface area contributed by atoms with Crippen LogP contribution in [-0.2, 0) is 6.42 Å². The minimum Gasteiger partial charge on any atom is -0.387 e. The summed E-state index contributed by atoms with van der Waals surface area (Å²) in [4.78, 5) is 3.99. The van der Waals surface area contributed by atoms with Crippen LogP contribution in [0.1, 0.15) is 35.6 Å². The molecule has 2 atom stereocenters. The van der Waals surface area contributed by atoms with E-state index < -0.39 is 6.10 Å². The highest BCUT2D eigenvalue weighted by Crippen LogP contribution is 2.34. The molecule has 0 bridgehead atoms. The van der Waals surface area contributed by atoms with Crippen molar-refractivity contribution in [2.45, 2.75) is 38.3 Å². The molecule has 1 aromatic carbocycles. The minimum atomic E-state index is -0.470. The first-order valence-corrected chi connectivity index (χ1v) is 8.09. The summed E-state index contributed by atoms with van der Waals surface area (Å²) >= 11 is 0. The van der Waals surface area contributed by atoms with Crippen molar-refractivity contribution in [3.8, 4) is 0 Å². The van der Waals surface area contributed by atoms with Gasteiger partial charge in [0.05, 0.1) is 6.10 Å². The summed E-state index contributed by atoms with van der Waals surface area (Å²) in [6.45, 7) is 2.71. The van der Waals surface area contributed by atoms with Crippen molar-refractivity contribution in [3.63, 3.8) is 0 Å². The fraction of sp³-hybridized carbons (Fsp3) is 0.421. The summed E-state index contributed by atoms with van der Waals surface area (Å²) in [5, 5.41) is 13.9. The van der Waals surface area contributed by atoms with Gasteiger partial charge in [0.2, 0.25) is 0 Å². The first-order valence-electron chi connectivity index (χ1n) is 8.09. The highest BCUT2D eigenvalue weighted by molar-refractivity contribution is 5.22. The topological polar surface area (TPSA) is 45.1 Å². The third-order valence-corrected chi connectivity index (χ3v) is 4.43. The van der Waals surface area contributed by atoms with E-state index in [1.54, 1.807) is 12.4 Å². The lowest BCUT2D eigenvalue weighted by Crippen LogP contribution is -2.36. The number of benzene rings is 1. The van der Waals surface area contributed by atoms with Crippen molar-refractivity contribution in [1.82, 2.24) is 10.3 Å². The van der Waals surface area contributed by atoms with Gasteiger partial charge >= 0.3 is 0 Å². The van der Waals surface area contributed by atoms with Crippen LogP contribution in [0.5, 0.6) is 0 Å². The molecule has 1 aliphatic carbocycles. The average molecular weight is 296 g/mol. The van der Waals surface area contributed by atoms with E-state index in [4.69, 9.17) is 0 Å². The van der Waals surface area contributed by atoms with E-state index in [0.717, 1.165) is 17.9 Å². The van der Waals surface area contributed by atoms with Gasteiger partial charge in [-0.05, 0) is 55.4 Å². The standard InChI is InChI=1S/C19H24N2O/c1-14-2-4-15(5-3-14)12-18(16-6-7-16)21-13-19(22)17-8-10-20-11-9-17/h2-5,8-11,16,18-19,21-22H,6-7,12-13H2,1H3. The molecule has 0 spiro atoms. The number of pyridine rings is 1. The second-order valence-corrected chi connectivity index (χ2v) is 6.34. The van der Waals surface area contributed by atoms with E-state index in [2.05, 4.69) is 41.5 Å². The predicted molar refractivity (Wildman–Crippen MR) is 88.6 cm³/mol. The Morgan fingerprint density at radius 3 is 2.45 bits per heavy atom. The van der Waals surface area contributed by atoms with Crippen molar-refractivity contribution >= 4 is 0 Å². The van der Waals surface area contributed by atoms with E-state index in [1.165, 1.54) is 24.0 Å². The first-order chi connectivity index (χ1) is 10.7. The fourth-order valence-corrected chi connectivity index (χ4v) is 2.85. The zero-order chi connectivity index (χ0) is 15.4. The van der Waals surface area contributed by atoms with Crippen molar-refractivity contribution < 1.29 is 5.11 Å². The van der Waals surface area contributed by atoms with Gasteiger partial charge in [0.1, 0.15) is 0 Å². The largest absolute Gasteiger partial charge is 0.387 e. The third-order valence-electron chi connectivity index (χ3n) is 4.43. The minimum absolute atomic E-state index is 0.458. The van der Waals surface area contributed by atoms with Crippen molar-refractivity contribution in [2.75, 3.05) is 6.54 Å². The molecular weight excluding hydrogens is 272 g/mol. The quantitative estimate of drug-likeness (QED) is 0.825. The SMILES string of the molecule is Cc1ccc(CC(NCC(O)c2ccncc2)C2CC2)cc1. The zero-order valence-electron chi connectivity index (χ0n) is 13.1. The Hall–Kier alpha value is -1.71. The number of rotatable bonds is 7. The van der Waals surface area contributed by atoms with Gasteiger partial charge in [-0.2, -0.15) is 0 Å². The van der Waals surface area contributed by atoms with Gasteiger partial charge in [0.15, 0.2) is 0 Å². The summed E-state index contributed by atoms with van der Waals surface area (Å²) in [7, 11) is 0. The number of hydrogen-bond acceptors (Lipinski definition) is 3. The van der Waals surface area contributed by atoms with Crippen molar-refractivity contribution in [3.05, 3.63) is 65.5 Å². The molecule has 2 unspecified atom stereocenters. The number of hydrogen-bond donors (Lipinski definition) is 2. The lowest BCUT2D eigenvalue weighted by Gasteiger charge is -2.21. The molecule has 2 aromatic rings. The second-order valence-electron chi connectivity index (χ2n) is 6.34. The first kappa shape index (κ1) is 15.2. The van der Waals surface area contributed by atoms with Gasteiger partial charge in [-0.15, -0.1) is 0 Å². The Morgan fingerprint density at radius 1 is 1.14 bits per heavy atom. The Morgan fingerprint density at radius 2 is 1.82 bits per heavy atom. The van der Waals surface area contributed by atoms with Crippen LogP contribution in [0, 0.1) is 12.8 Å². The van der Waals surface area contributed by atoms with Crippen LogP contribution in [0.2, 0.25) is 0 Å². The van der Waals surface area contributed by atoms with Crippen LogP contribution in [0.25, 0.3) is 0 Å². The number of aliphatic hydroxyl groups excluding tert-OH is 1. The molecule has 0 amide bonds. The smallest absolute Gasteiger partial charge is 0.0915 e. The molecule has 1 saturated carbocycles. The summed E-state index contributed by atoms with van der Waals surface area (Å²) < 4.78 is 0. The van der Waals surface area contributed by atoms with E-state index in [1.807, 2.05) is 12.1 Å².